The Bertz CT molecular complexity index is 537. The molecule has 2 rings (SSSR count). The maximum absolute atomic E-state index is 12.3. The summed E-state index contributed by atoms with van der Waals surface area (Å²) in [4.78, 5) is 10.9. The first-order valence-corrected chi connectivity index (χ1v) is 5.49. The lowest BCUT2D eigenvalue weighted by Crippen LogP contribution is -1.96. The summed E-state index contributed by atoms with van der Waals surface area (Å²) in [6.07, 6.45) is -2.53. The molecule has 1 aromatic heterocycles. The van der Waals surface area contributed by atoms with E-state index >= 15 is 0 Å². The third kappa shape index (κ3) is 2.31. The molecule has 0 saturated carbocycles. The van der Waals surface area contributed by atoms with E-state index in [9.17, 15) is 13.6 Å². The number of aromatic nitrogens is 1. The Morgan fingerprint density at radius 3 is 2.47 bits per heavy atom. The summed E-state index contributed by atoms with van der Waals surface area (Å²) in [6.45, 7) is 0. The van der Waals surface area contributed by atoms with Gasteiger partial charge in [-0.05, 0) is 11.5 Å². The van der Waals surface area contributed by atoms with Crippen LogP contribution < -0.4 is 0 Å². The second-order valence-electron chi connectivity index (χ2n) is 3.30. The highest BCUT2D eigenvalue weighted by Gasteiger charge is 2.15. The van der Waals surface area contributed by atoms with Gasteiger partial charge in [0.25, 0.3) is 6.43 Å². The molecule has 0 radical (unpaired) electrons. The zero-order chi connectivity index (χ0) is 12.4. The van der Waals surface area contributed by atoms with Gasteiger partial charge in [-0.3, -0.25) is 0 Å². The fourth-order valence-electron chi connectivity index (χ4n) is 1.38. The Balaban J connectivity index is 2.40. The van der Waals surface area contributed by atoms with Crippen LogP contribution in [0.15, 0.2) is 29.6 Å². The highest BCUT2D eigenvalue weighted by molar-refractivity contribution is 7.04. The summed E-state index contributed by atoms with van der Waals surface area (Å²) in [5.74, 6) is -1.08. The van der Waals surface area contributed by atoms with E-state index in [4.69, 9.17) is 5.11 Å². The van der Waals surface area contributed by atoms with E-state index in [0.29, 0.717) is 11.3 Å². The molecule has 1 aromatic carbocycles. The van der Waals surface area contributed by atoms with Crippen LogP contribution in [0.25, 0.3) is 11.3 Å². The van der Waals surface area contributed by atoms with E-state index < -0.39 is 12.4 Å². The molecule has 3 nitrogen and oxygen atoms in total. The summed E-state index contributed by atoms with van der Waals surface area (Å²) in [7, 11) is 0. The van der Waals surface area contributed by atoms with Crippen LogP contribution in [-0.4, -0.2) is 15.4 Å². The smallest absolute Gasteiger partial charge is 0.338 e. The fraction of sp³-hybridized carbons (Fsp3) is 0.0909. The van der Waals surface area contributed by atoms with Gasteiger partial charge in [0.1, 0.15) is 0 Å². The Morgan fingerprint density at radius 1 is 1.29 bits per heavy atom. The van der Waals surface area contributed by atoms with Gasteiger partial charge in [0.05, 0.1) is 11.3 Å². The standard InChI is InChI=1S/C11H7F2NO2S/c12-10(13)7-3-1-6(2-4-7)9-8(11(15)16)5-17-14-9/h1-5,10H,(H,15,16). The lowest BCUT2D eigenvalue weighted by molar-refractivity contribution is 0.0698. The molecule has 0 saturated heterocycles. The number of hydrogen-bond donors (Lipinski definition) is 1. The van der Waals surface area contributed by atoms with Gasteiger partial charge in [-0.15, -0.1) is 0 Å². The van der Waals surface area contributed by atoms with Gasteiger partial charge in [0.15, 0.2) is 0 Å². The van der Waals surface area contributed by atoms with Gasteiger partial charge in [0, 0.05) is 16.5 Å². The van der Waals surface area contributed by atoms with E-state index in [1.165, 1.54) is 29.6 Å². The van der Waals surface area contributed by atoms with Gasteiger partial charge in [-0.1, -0.05) is 24.3 Å². The van der Waals surface area contributed by atoms with Crippen LogP contribution in [0.3, 0.4) is 0 Å². The van der Waals surface area contributed by atoms with Crippen LogP contribution in [-0.2, 0) is 0 Å². The molecular formula is C11H7F2NO2S. The first-order valence-electron chi connectivity index (χ1n) is 4.65. The van der Waals surface area contributed by atoms with Crippen LogP contribution >= 0.6 is 11.5 Å². The number of aromatic carboxylic acids is 1. The van der Waals surface area contributed by atoms with Gasteiger partial charge in [-0.25, -0.2) is 13.6 Å². The largest absolute Gasteiger partial charge is 0.478 e. The van der Waals surface area contributed by atoms with Crippen LogP contribution in [0, 0.1) is 0 Å². The molecular weight excluding hydrogens is 248 g/mol. The van der Waals surface area contributed by atoms with E-state index in [1.807, 2.05) is 0 Å². The molecule has 2 aromatic rings. The molecule has 88 valence electrons. The van der Waals surface area contributed by atoms with Gasteiger partial charge < -0.3 is 5.11 Å². The number of carbonyl (C=O) groups is 1. The van der Waals surface area contributed by atoms with Crippen LogP contribution in [0.2, 0.25) is 0 Å². The molecule has 0 fully saturated rings. The molecule has 0 bridgehead atoms. The fourth-order valence-corrected chi connectivity index (χ4v) is 2.06. The lowest BCUT2D eigenvalue weighted by atomic mass is 10.1. The van der Waals surface area contributed by atoms with Crippen LogP contribution in [0.1, 0.15) is 22.3 Å². The van der Waals surface area contributed by atoms with Crippen molar-refractivity contribution in [2.24, 2.45) is 0 Å². The van der Waals surface area contributed by atoms with E-state index in [1.54, 1.807) is 0 Å². The van der Waals surface area contributed by atoms with Gasteiger partial charge in [-0.2, -0.15) is 4.37 Å². The first kappa shape index (κ1) is 11.7. The van der Waals surface area contributed by atoms with Crippen molar-refractivity contribution in [3.8, 4) is 11.3 Å². The number of hydrogen-bond acceptors (Lipinski definition) is 3. The average molecular weight is 255 g/mol. The van der Waals surface area contributed by atoms with E-state index in [0.717, 1.165) is 11.5 Å². The number of rotatable bonds is 3. The third-order valence-electron chi connectivity index (χ3n) is 2.24. The Morgan fingerprint density at radius 2 is 1.94 bits per heavy atom. The predicted molar refractivity (Wildman–Crippen MR) is 59.5 cm³/mol. The second kappa shape index (κ2) is 4.58. The molecule has 0 aliphatic carbocycles. The monoisotopic (exact) mass is 255 g/mol. The SMILES string of the molecule is O=C(O)c1csnc1-c1ccc(C(F)F)cc1. The number of alkyl halides is 2. The van der Waals surface area contributed by atoms with Crippen molar-refractivity contribution >= 4 is 17.5 Å². The van der Waals surface area contributed by atoms with Crippen LogP contribution in [0.5, 0.6) is 0 Å². The van der Waals surface area contributed by atoms with Gasteiger partial charge >= 0.3 is 5.97 Å². The van der Waals surface area contributed by atoms with Crippen molar-refractivity contribution in [1.82, 2.24) is 4.37 Å². The zero-order valence-electron chi connectivity index (χ0n) is 8.43. The number of carboxylic acid groups (broad SMARTS) is 1. The number of nitrogens with zero attached hydrogens (tertiary/aromatic N) is 1. The average Bonchev–Trinajstić information content (AvgIpc) is 2.78. The highest BCUT2D eigenvalue weighted by Crippen LogP contribution is 2.26. The van der Waals surface area contributed by atoms with Crippen molar-refractivity contribution in [1.29, 1.82) is 0 Å². The van der Waals surface area contributed by atoms with E-state index in [-0.39, 0.29) is 11.1 Å². The molecule has 6 heteroatoms. The van der Waals surface area contributed by atoms with Crippen molar-refractivity contribution in [3.05, 3.63) is 40.8 Å². The Kier molecular flexibility index (Phi) is 3.14. The summed E-state index contributed by atoms with van der Waals surface area (Å²) in [5, 5.41) is 10.3. The Labute approximate surface area is 99.5 Å². The third-order valence-corrected chi connectivity index (χ3v) is 2.87. The minimum absolute atomic E-state index is 0.0831. The molecule has 0 aliphatic rings. The Hall–Kier alpha value is -1.82. The van der Waals surface area contributed by atoms with Crippen molar-refractivity contribution in [2.45, 2.75) is 6.43 Å². The summed E-state index contributed by atoms with van der Waals surface area (Å²) >= 11 is 1.02. The number of benzene rings is 1. The molecule has 1 N–H and O–H groups in total. The highest BCUT2D eigenvalue weighted by atomic mass is 32.1. The predicted octanol–water partition coefficient (Wildman–Crippen LogP) is 3.45. The molecule has 0 atom stereocenters. The summed E-state index contributed by atoms with van der Waals surface area (Å²) in [6, 6.07) is 5.43. The normalized spacial score (nSPS) is 10.8. The molecule has 0 unspecified atom stereocenters. The summed E-state index contributed by atoms with van der Waals surface area (Å²) < 4.78 is 28.6. The second-order valence-corrected chi connectivity index (χ2v) is 3.93. The molecule has 1 heterocycles. The molecule has 17 heavy (non-hydrogen) atoms. The van der Waals surface area contributed by atoms with Gasteiger partial charge in [0.2, 0.25) is 0 Å². The maximum atomic E-state index is 12.3. The topological polar surface area (TPSA) is 50.2 Å². The number of halogens is 2. The van der Waals surface area contributed by atoms with Crippen molar-refractivity contribution in [3.63, 3.8) is 0 Å². The quantitative estimate of drug-likeness (QED) is 0.913. The molecule has 0 spiro atoms. The minimum atomic E-state index is -2.53. The lowest BCUT2D eigenvalue weighted by Gasteiger charge is -2.02. The molecule has 0 amide bonds. The van der Waals surface area contributed by atoms with Crippen molar-refractivity contribution in [2.75, 3.05) is 0 Å². The van der Waals surface area contributed by atoms with Crippen LogP contribution in [0.4, 0.5) is 8.78 Å². The zero-order valence-corrected chi connectivity index (χ0v) is 9.25. The summed E-state index contributed by atoms with van der Waals surface area (Å²) in [5.41, 5.74) is 0.817. The first-order chi connectivity index (χ1) is 8.09. The maximum Gasteiger partial charge on any atom is 0.338 e. The minimum Gasteiger partial charge on any atom is -0.478 e. The molecule has 0 aliphatic heterocycles. The van der Waals surface area contributed by atoms with E-state index in [2.05, 4.69) is 4.37 Å². The number of carboxylic acids is 1. The van der Waals surface area contributed by atoms with Crippen molar-refractivity contribution < 1.29 is 18.7 Å².